The van der Waals surface area contributed by atoms with Gasteiger partial charge < -0.3 is 5.73 Å². The Morgan fingerprint density at radius 1 is 0.968 bits per heavy atom. The van der Waals surface area contributed by atoms with Crippen LogP contribution in [0.15, 0.2) is 38.4 Å². The maximum Gasteiger partial charge on any atom is 0.451 e. The molecule has 2 heterocycles. The smallest absolute Gasteiger partial charge is 0.384 e. The van der Waals surface area contributed by atoms with Gasteiger partial charge in [-0.25, -0.2) is 9.98 Å². The molecule has 17 heteroatoms. The molecule has 31 heavy (non-hydrogen) atoms. The Bertz CT molecular complexity index is 990. The van der Waals surface area contributed by atoms with Gasteiger partial charge in [-0.1, -0.05) is 23.2 Å². The number of nitrogens with one attached hydrogen (secondary N) is 1. The van der Waals surface area contributed by atoms with Gasteiger partial charge >= 0.3 is 17.9 Å². The molecule has 1 aromatic carbocycles. The molecule has 170 valence electrons. The van der Waals surface area contributed by atoms with E-state index in [-0.39, 0.29) is 5.69 Å². The Hall–Kier alpha value is -1.84. The van der Waals surface area contributed by atoms with Gasteiger partial charge in [0.2, 0.25) is 5.84 Å². The molecule has 0 saturated heterocycles. The van der Waals surface area contributed by atoms with E-state index in [1.54, 1.807) is 0 Å². The normalized spacial score (nSPS) is 20.1. The van der Waals surface area contributed by atoms with Gasteiger partial charge in [-0.05, 0) is 23.9 Å². The average Bonchev–Trinajstić information content (AvgIpc) is 2.87. The van der Waals surface area contributed by atoms with Crippen LogP contribution in [0, 0.1) is 0 Å². The van der Waals surface area contributed by atoms with E-state index in [9.17, 15) is 39.5 Å². The largest absolute Gasteiger partial charge is 0.451 e. The van der Waals surface area contributed by atoms with Crippen LogP contribution in [-0.4, -0.2) is 35.6 Å². The van der Waals surface area contributed by atoms with Crippen LogP contribution in [0.25, 0.3) is 0 Å². The van der Waals surface area contributed by atoms with Crippen molar-refractivity contribution in [2.24, 2.45) is 15.7 Å². The highest BCUT2D eigenvalue weighted by molar-refractivity contribution is 8.00. The number of benzene rings is 1. The van der Waals surface area contributed by atoms with Crippen molar-refractivity contribution in [1.29, 1.82) is 0 Å². The summed E-state index contributed by atoms with van der Waals surface area (Å²) in [4.78, 5) is 5.23. The Morgan fingerprint density at radius 3 is 1.97 bits per heavy atom. The number of nitrogens with two attached hydrogens (primary N) is 1. The molecule has 0 radical (unpaired) electrons. The minimum Gasteiger partial charge on any atom is -0.384 e. The zero-order chi connectivity index (χ0) is 23.5. The van der Waals surface area contributed by atoms with Crippen molar-refractivity contribution < 1.29 is 39.5 Å². The number of thioether (sulfide) groups is 1. The van der Waals surface area contributed by atoms with Gasteiger partial charge in [-0.2, -0.15) is 44.9 Å². The zero-order valence-electron chi connectivity index (χ0n) is 14.2. The summed E-state index contributed by atoms with van der Waals surface area (Å²) < 4.78 is 117. The second-order valence-electron chi connectivity index (χ2n) is 5.86. The highest BCUT2D eigenvalue weighted by Crippen LogP contribution is 2.45. The van der Waals surface area contributed by atoms with Gasteiger partial charge in [-0.15, -0.1) is 0 Å². The Labute approximate surface area is 180 Å². The second-order valence-corrected chi connectivity index (χ2v) is 7.81. The van der Waals surface area contributed by atoms with Gasteiger partial charge in [0.25, 0.3) is 0 Å². The lowest BCUT2D eigenvalue weighted by molar-refractivity contribution is -0.0637. The van der Waals surface area contributed by atoms with Crippen LogP contribution in [0.5, 0.6) is 0 Å². The van der Waals surface area contributed by atoms with E-state index in [0.29, 0.717) is 5.01 Å². The van der Waals surface area contributed by atoms with Crippen LogP contribution < -0.4 is 16.2 Å². The van der Waals surface area contributed by atoms with Crippen molar-refractivity contribution in [3.63, 3.8) is 0 Å². The molecular weight excluding hydrogens is 512 g/mol. The lowest BCUT2D eigenvalue weighted by Gasteiger charge is -2.24. The molecule has 2 aliphatic heterocycles. The van der Waals surface area contributed by atoms with E-state index in [1.165, 1.54) is 0 Å². The van der Waals surface area contributed by atoms with Crippen molar-refractivity contribution in [3.05, 3.63) is 33.6 Å². The van der Waals surface area contributed by atoms with E-state index < -0.39 is 73.7 Å². The molecule has 0 aromatic heterocycles. The van der Waals surface area contributed by atoms with Crippen LogP contribution in [0.3, 0.4) is 0 Å². The fraction of sp³-hybridized carbons (Fsp3) is 0.286. The molecule has 0 saturated carbocycles. The van der Waals surface area contributed by atoms with Crippen LogP contribution in [0.1, 0.15) is 0 Å². The topological polar surface area (TPSA) is 66.0 Å². The second kappa shape index (κ2) is 7.64. The Morgan fingerprint density at radius 2 is 1.52 bits per heavy atom. The van der Waals surface area contributed by atoms with Gasteiger partial charge in [0.15, 0.2) is 5.71 Å². The van der Waals surface area contributed by atoms with Gasteiger partial charge in [-0.3, -0.25) is 5.01 Å². The molecule has 0 fully saturated rings. The van der Waals surface area contributed by atoms with Crippen LogP contribution in [-0.2, 0) is 0 Å². The van der Waals surface area contributed by atoms with Crippen LogP contribution in [0.4, 0.5) is 45.2 Å². The van der Waals surface area contributed by atoms with Crippen molar-refractivity contribution >= 4 is 52.2 Å². The number of hydrogen-bond acceptors (Lipinski definition) is 6. The third-order valence-electron chi connectivity index (χ3n) is 3.74. The van der Waals surface area contributed by atoms with E-state index in [2.05, 4.69) is 15.4 Å². The number of fused-ring (bicyclic) bond motifs is 1. The van der Waals surface area contributed by atoms with E-state index in [0.717, 1.165) is 12.1 Å². The lowest BCUT2D eigenvalue weighted by atomic mass is 10.1. The van der Waals surface area contributed by atoms with Crippen molar-refractivity contribution in [2.75, 3.05) is 5.01 Å². The van der Waals surface area contributed by atoms with Gasteiger partial charge in [0.1, 0.15) is 12.0 Å². The molecule has 3 N–H and O–H groups in total. The number of amidine groups is 1. The first-order valence-electron chi connectivity index (χ1n) is 7.61. The first-order valence-corrected chi connectivity index (χ1v) is 9.18. The first kappa shape index (κ1) is 23.8. The van der Waals surface area contributed by atoms with Crippen molar-refractivity contribution in [2.45, 2.75) is 28.9 Å². The van der Waals surface area contributed by atoms with E-state index in [1.807, 2.05) is 0 Å². The molecule has 1 unspecified atom stereocenters. The third-order valence-corrected chi connectivity index (χ3v) is 5.01. The predicted octanol–water partition coefficient (Wildman–Crippen LogP) is 5.40. The standard InChI is InChI=1S/C14H6Cl2F9N5S/c15-4-1-3(31-14(23,24)25)2-5(16)7(4)30-9(26)6-8(12(17,18)19)27-11(13(20,21)22)28-10(6)29-30/h1-2,10,29H,26H2. The van der Waals surface area contributed by atoms with Crippen molar-refractivity contribution in [1.82, 2.24) is 5.43 Å². The molecule has 0 aliphatic carbocycles. The van der Waals surface area contributed by atoms with Gasteiger partial charge in [0.05, 0.1) is 21.3 Å². The molecule has 0 spiro atoms. The van der Waals surface area contributed by atoms with Crippen LogP contribution in [0.2, 0.25) is 10.0 Å². The number of nitrogens with zero attached hydrogens (tertiary/aromatic N) is 3. The molecule has 0 bridgehead atoms. The lowest BCUT2D eigenvalue weighted by Crippen LogP contribution is -2.43. The number of hydrogen-bond donors (Lipinski definition) is 2. The molecular formula is C14H6Cl2F9N5S. The summed E-state index contributed by atoms with van der Waals surface area (Å²) in [7, 11) is 0. The highest BCUT2D eigenvalue weighted by atomic mass is 35.5. The first-order chi connectivity index (χ1) is 14.0. The molecule has 1 atom stereocenters. The number of alkyl halides is 9. The molecule has 5 nitrogen and oxygen atoms in total. The fourth-order valence-electron chi connectivity index (χ4n) is 2.66. The summed E-state index contributed by atoms with van der Waals surface area (Å²) in [6.45, 7) is 0. The maximum absolute atomic E-state index is 13.4. The minimum absolute atomic E-state index is 0.389. The summed E-state index contributed by atoms with van der Waals surface area (Å²) in [6.07, 6.45) is -12.6. The molecule has 1 aromatic rings. The molecule has 0 amide bonds. The number of rotatable bonds is 2. The fourth-order valence-corrected chi connectivity index (χ4v) is 4.07. The summed E-state index contributed by atoms with van der Waals surface area (Å²) in [5.41, 5.74) is -0.0687. The third kappa shape index (κ3) is 4.83. The summed E-state index contributed by atoms with van der Waals surface area (Å²) in [5.74, 6) is -2.84. The quantitative estimate of drug-likeness (QED) is 0.407. The maximum atomic E-state index is 13.4. The predicted molar refractivity (Wildman–Crippen MR) is 96.0 cm³/mol. The van der Waals surface area contributed by atoms with Gasteiger partial charge in [0, 0.05) is 4.90 Å². The monoisotopic (exact) mass is 517 g/mol. The summed E-state index contributed by atoms with van der Waals surface area (Å²) >= 11 is 11.3. The molecule has 2 aliphatic rings. The molecule has 3 rings (SSSR count). The number of anilines is 1. The SMILES string of the molecule is NC1=C2C(C(F)(F)F)=NC(C(F)(F)F)=NC2NN1c1c(Cl)cc(SC(F)(F)F)cc1Cl. The highest BCUT2D eigenvalue weighted by Gasteiger charge is 2.51. The van der Waals surface area contributed by atoms with Crippen LogP contribution >= 0.6 is 35.0 Å². The zero-order valence-corrected chi connectivity index (χ0v) is 16.5. The van der Waals surface area contributed by atoms with Crippen molar-refractivity contribution in [3.8, 4) is 0 Å². The average molecular weight is 518 g/mol. The summed E-state index contributed by atoms with van der Waals surface area (Å²) in [6, 6.07) is 1.62. The number of hydrazine groups is 1. The van der Waals surface area contributed by atoms with E-state index in [4.69, 9.17) is 28.9 Å². The minimum atomic E-state index is -5.33. The Kier molecular flexibility index (Phi) is 5.87. The number of halogens is 11. The number of aliphatic imine (C=N–C) groups is 2. The Balaban J connectivity index is 2.09. The summed E-state index contributed by atoms with van der Waals surface area (Å²) in [5, 5.41) is -0.338. The van der Waals surface area contributed by atoms with E-state index >= 15 is 0 Å².